The minimum Gasteiger partial charge on any atom is -0.481 e. The first-order valence-electron chi connectivity index (χ1n) is 9.22. The highest BCUT2D eigenvalue weighted by molar-refractivity contribution is 5.80. The number of fused-ring (bicyclic) bond motifs is 4. The first-order chi connectivity index (χ1) is 13.4. The minimum atomic E-state index is -0.999. The molecule has 2 atom stereocenters. The van der Waals surface area contributed by atoms with E-state index in [4.69, 9.17) is 24.7 Å². The molecule has 2 bridgehead atoms. The van der Waals surface area contributed by atoms with Crippen LogP contribution in [0.2, 0.25) is 0 Å². The lowest BCUT2D eigenvalue weighted by atomic mass is 9.68. The van der Waals surface area contributed by atoms with Crippen molar-refractivity contribution in [3.8, 4) is 5.88 Å². The molecule has 9 heteroatoms. The topological polar surface area (TPSA) is 106 Å². The monoisotopic (exact) mass is 389 g/mol. The summed E-state index contributed by atoms with van der Waals surface area (Å²) in [7, 11) is 1.47. The maximum Gasteiger partial charge on any atom is 0.509 e. The molecule has 2 N–H and O–H groups in total. The number of nitrogens with zero attached hydrogens (tertiary/aromatic N) is 2. The van der Waals surface area contributed by atoms with Gasteiger partial charge in [0.15, 0.2) is 18.0 Å². The van der Waals surface area contributed by atoms with Crippen LogP contribution in [0.4, 0.5) is 9.18 Å². The molecule has 0 radical (unpaired) electrons. The molecule has 8 nitrogen and oxygen atoms in total. The van der Waals surface area contributed by atoms with Crippen LogP contribution in [0.1, 0.15) is 37.4 Å². The van der Waals surface area contributed by atoms with Gasteiger partial charge in [-0.3, -0.25) is 4.98 Å². The minimum absolute atomic E-state index is 0.118. The van der Waals surface area contributed by atoms with Gasteiger partial charge in [0.1, 0.15) is 11.1 Å². The van der Waals surface area contributed by atoms with Gasteiger partial charge < -0.3 is 24.7 Å². The second-order valence-electron chi connectivity index (χ2n) is 7.78. The Labute approximate surface area is 160 Å². The lowest BCUT2D eigenvalue weighted by Gasteiger charge is -2.53. The maximum absolute atomic E-state index is 14.9. The molecule has 1 aliphatic carbocycles. The molecule has 1 saturated carbocycles. The van der Waals surface area contributed by atoms with Crippen LogP contribution < -0.4 is 10.5 Å². The van der Waals surface area contributed by atoms with Crippen molar-refractivity contribution >= 4 is 17.2 Å². The number of carbonyl (C=O) groups excluding carboxylic acids is 1. The number of rotatable bonds is 3. The molecule has 148 valence electrons. The zero-order chi connectivity index (χ0) is 19.5. The molecular formula is C19H20FN3O5. The zero-order valence-electron chi connectivity index (χ0n) is 15.3. The Kier molecular flexibility index (Phi) is 3.76. The molecule has 0 spiro atoms. The van der Waals surface area contributed by atoms with Crippen LogP contribution in [0.5, 0.6) is 5.88 Å². The van der Waals surface area contributed by atoms with Crippen molar-refractivity contribution < 1.29 is 28.1 Å². The number of aromatic nitrogens is 2. The fraction of sp³-hybridized carbons (Fsp3) is 0.526. The summed E-state index contributed by atoms with van der Waals surface area (Å²) < 4.78 is 37.1. The molecule has 5 heterocycles. The number of carbonyl (C=O) groups is 1. The lowest BCUT2D eigenvalue weighted by molar-refractivity contribution is -0.202. The summed E-state index contributed by atoms with van der Waals surface area (Å²) in [6.45, 7) is 0.374. The summed E-state index contributed by atoms with van der Waals surface area (Å²) in [4.78, 5) is 20.5. The predicted octanol–water partition coefficient (Wildman–Crippen LogP) is 2.39. The van der Waals surface area contributed by atoms with E-state index in [1.54, 1.807) is 12.1 Å². The Hall–Kier alpha value is -2.52. The predicted molar refractivity (Wildman–Crippen MR) is 94.2 cm³/mol. The third-order valence-electron chi connectivity index (χ3n) is 6.15. The molecule has 2 aromatic rings. The average molecular weight is 389 g/mol. The fourth-order valence-corrected chi connectivity index (χ4v) is 4.50. The Bertz CT molecular complexity index is 943. The van der Waals surface area contributed by atoms with Crippen LogP contribution in [0.25, 0.3) is 11.0 Å². The lowest BCUT2D eigenvalue weighted by Crippen LogP contribution is -2.64. The van der Waals surface area contributed by atoms with Gasteiger partial charge in [-0.25, -0.2) is 14.2 Å². The molecule has 4 aliphatic rings. The number of hydrogen-bond acceptors (Lipinski definition) is 8. The van der Waals surface area contributed by atoms with Crippen molar-refractivity contribution in [2.75, 3.05) is 13.7 Å². The summed E-state index contributed by atoms with van der Waals surface area (Å²) in [6, 6.07) is 3.31. The molecule has 4 fully saturated rings. The Morgan fingerprint density at radius 2 is 2.04 bits per heavy atom. The zero-order valence-corrected chi connectivity index (χ0v) is 15.3. The van der Waals surface area contributed by atoms with E-state index in [0.29, 0.717) is 30.8 Å². The van der Waals surface area contributed by atoms with Gasteiger partial charge in [0.05, 0.1) is 31.0 Å². The summed E-state index contributed by atoms with van der Waals surface area (Å²) in [6.07, 6.45) is 1.18. The fourth-order valence-electron chi connectivity index (χ4n) is 4.50. The average Bonchev–Trinajstić information content (AvgIpc) is 3.10. The van der Waals surface area contributed by atoms with Crippen LogP contribution in [0.3, 0.4) is 0 Å². The molecule has 6 rings (SSSR count). The van der Waals surface area contributed by atoms with Crippen molar-refractivity contribution in [3.63, 3.8) is 0 Å². The third kappa shape index (κ3) is 2.53. The van der Waals surface area contributed by atoms with E-state index in [2.05, 4.69) is 9.97 Å². The molecule has 2 unspecified atom stereocenters. The molecule has 3 aliphatic heterocycles. The highest BCUT2D eigenvalue weighted by atomic mass is 19.1. The van der Waals surface area contributed by atoms with Gasteiger partial charge in [0.2, 0.25) is 5.88 Å². The van der Waals surface area contributed by atoms with Crippen molar-refractivity contribution in [2.45, 2.75) is 49.0 Å². The van der Waals surface area contributed by atoms with Crippen LogP contribution in [0.15, 0.2) is 18.3 Å². The Balaban J connectivity index is 1.62. The van der Waals surface area contributed by atoms with Gasteiger partial charge in [0, 0.05) is 11.6 Å². The van der Waals surface area contributed by atoms with Crippen LogP contribution in [0, 0.1) is 5.82 Å². The number of cyclic esters (lactones) is 2. The highest BCUT2D eigenvalue weighted by Crippen LogP contribution is 2.51. The standard InChI is InChI=1S/C19H20FN3O5/c1-25-12-3-2-11-14(23-12)13(10(20)8-22-11)15-16(28-17(24)27-15)19-6-4-18(21,5-7-19)9-26-19/h2-3,8,15-16H,4-7,9,21H2,1H3. The normalized spacial score (nSPS) is 34.3. The highest BCUT2D eigenvalue weighted by Gasteiger charge is 2.59. The number of pyridine rings is 2. The van der Waals surface area contributed by atoms with E-state index in [-0.39, 0.29) is 16.6 Å². The van der Waals surface area contributed by atoms with Crippen LogP contribution in [-0.4, -0.2) is 47.1 Å². The van der Waals surface area contributed by atoms with E-state index < -0.39 is 29.8 Å². The molecule has 0 amide bonds. The van der Waals surface area contributed by atoms with Gasteiger partial charge in [-0.1, -0.05) is 0 Å². The number of nitrogens with two attached hydrogens (primary N) is 1. The van der Waals surface area contributed by atoms with Gasteiger partial charge in [0.25, 0.3) is 0 Å². The summed E-state index contributed by atoms with van der Waals surface area (Å²) in [5.41, 5.74) is 6.06. The van der Waals surface area contributed by atoms with Crippen molar-refractivity contribution in [1.29, 1.82) is 0 Å². The summed E-state index contributed by atoms with van der Waals surface area (Å²) >= 11 is 0. The largest absolute Gasteiger partial charge is 0.509 e. The second kappa shape index (κ2) is 5.99. The summed E-state index contributed by atoms with van der Waals surface area (Å²) in [5, 5.41) is 0. The molecule has 3 saturated heterocycles. The number of hydrogen-bond donors (Lipinski definition) is 1. The molecule has 28 heavy (non-hydrogen) atoms. The second-order valence-corrected chi connectivity index (χ2v) is 7.78. The van der Waals surface area contributed by atoms with Gasteiger partial charge >= 0.3 is 6.16 Å². The number of ether oxygens (including phenoxy) is 4. The van der Waals surface area contributed by atoms with E-state index in [0.717, 1.165) is 19.0 Å². The van der Waals surface area contributed by atoms with Crippen molar-refractivity contribution in [1.82, 2.24) is 9.97 Å². The number of methoxy groups -OCH3 is 1. The first kappa shape index (κ1) is 17.6. The summed E-state index contributed by atoms with van der Waals surface area (Å²) in [5.74, 6) is -0.321. The van der Waals surface area contributed by atoms with Crippen LogP contribution in [-0.2, 0) is 14.2 Å². The Morgan fingerprint density at radius 1 is 1.25 bits per heavy atom. The van der Waals surface area contributed by atoms with Crippen molar-refractivity contribution in [2.24, 2.45) is 5.73 Å². The van der Waals surface area contributed by atoms with Gasteiger partial charge in [-0.15, -0.1) is 0 Å². The molecule has 2 aromatic heterocycles. The molecule has 0 aromatic carbocycles. The van der Waals surface area contributed by atoms with Crippen molar-refractivity contribution in [3.05, 3.63) is 29.7 Å². The Morgan fingerprint density at radius 3 is 2.71 bits per heavy atom. The third-order valence-corrected chi connectivity index (χ3v) is 6.15. The van der Waals surface area contributed by atoms with Crippen LogP contribution >= 0.6 is 0 Å². The quantitative estimate of drug-likeness (QED) is 0.798. The van der Waals surface area contributed by atoms with E-state index >= 15 is 0 Å². The maximum atomic E-state index is 14.9. The van der Waals surface area contributed by atoms with E-state index in [1.165, 1.54) is 7.11 Å². The van der Waals surface area contributed by atoms with Gasteiger partial charge in [-0.05, 0) is 31.7 Å². The first-order valence-corrected chi connectivity index (χ1v) is 9.22. The number of halogens is 1. The SMILES string of the molecule is COc1ccc2ncc(F)c(C3OC(=O)OC3C34CCC(N)(CC3)CO4)c2n1. The van der Waals surface area contributed by atoms with Gasteiger partial charge in [-0.2, -0.15) is 0 Å². The molecular weight excluding hydrogens is 369 g/mol. The van der Waals surface area contributed by atoms with E-state index in [9.17, 15) is 9.18 Å². The smallest absolute Gasteiger partial charge is 0.481 e. The van der Waals surface area contributed by atoms with E-state index in [1.807, 2.05) is 0 Å².